The molecule has 0 unspecified atom stereocenters. The summed E-state index contributed by atoms with van der Waals surface area (Å²) in [5, 5.41) is 4.49. The number of piperidine rings is 1. The number of hydrogen-bond donors (Lipinski definition) is 1. The lowest BCUT2D eigenvalue weighted by molar-refractivity contribution is 0.289. The van der Waals surface area contributed by atoms with Crippen molar-refractivity contribution in [1.29, 1.82) is 0 Å². The molecule has 1 aliphatic rings. The first-order valence-electron chi connectivity index (χ1n) is 6.38. The van der Waals surface area contributed by atoms with Crippen LogP contribution in [0.2, 0.25) is 0 Å². The molecule has 4 heteroatoms. The average molecular weight is 268 g/mol. The van der Waals surface area contributed by atoms with Gasteiger partial charge in [0, 0.05) is 31.6 Å². The average Bonchev–Trinajstić information content (AvgIpc) is 2.39. The van der Waals surface area contributed by atoms with Gasteiger partial charge in [-0.15, -0.1) is 12.4 Å². The van der Waals surface area contributed by atoms with E-state index in [2.05, 4.69) is 53.5 Å². The second kappa shape index (κ2) is 7.39. The highest BCUT2D eigenvalue weighted by Crippen LogP contribution is 2.11. The van der Waals surface area contributed by atoms with Gasteiger partial charge >= 0.3 is 0 Å². The zero-order valence-electron chi connectivity index (χ0n) is 11.1. The monoisotopic (exact) mass is 267 g/mol. The maximum Gasteiger partial charge on any atom is 0.0561 e. The Hall–Kier alpha value is -1.06. The first-order chi connectivity index (χ1) is 8.28. The van der Waals surface area contributed by atoms with Gasteiger partial charge in [-0.05, 0) is 25.6 Å². The Morgan fingerprint density at radius 3 is 2.33 bits per heavy atom. The number of nitrogens with one attached hydrogen (secondary N) is 1. The van der Waals surface area contributed by atoms with Gasteiger partial charge in [0.1, 0.15) is 0 Å². The van der Waals surface area contributed by atoms with E-state index in [4.69, 9.17) is 0 Å². The molecule has 1 aliphatic heterocycles. The van der Waals surface area contributed by atoms with Crippen molar-refractivity contribution in [1.82, 2.24) is 4.90 Å². The number of hydrogen-bond acceptors (Lipinski definition) is 3. The molecule has 0 aromatic heterocycles. The third-order valence-electron chi connectivity index (χ3n) is 3.28. The number of halogens is 1. The Morgan fingerprint density at radius 2 is 1.78 bits per heavy atom. The van der Waals surface area contributed by atoms with Crippen LogP contribution in [0.3, 0.4) is 0 Å². The summed E-state index contributed by atoms with van der Waals surface area (Å²) in [6.07, 6.45) is 2.18. The number of benzene rings is 1. The number of anilines is 1. The van der Waals surface area contributed by atoms with Crippen LogP contribution in [0, 0.1) is 6.92 Å². The van der Waals surface area contributed by atoms with Crippen molar-refractivity contribution in [2.45, 2.75) is 26.7 Å². The van der Waals surface area contributed by atoms with Gasteiger partial charge in [-0.1, -0.05) is 24.6 Å². The van der Waals surface area contributed by atoms with Crippen LogP contribution in [0.5, 0.6) is 0 Å². The third kappa shape index (κ3) is 4.31. The van der Waals surface area contributed by atoms with Crippen LogP contribution in [0.1, 0.15) is 25.3 Å². The molecule has 0 amide bonds. The Bertz CT molecular complexity index is 377. The summed E-state index contributed by atoms with van der Waals surface area (Å²) in [6.45, 7) is 7.75. The van der Waals surface area contributed by atoms with Crippen molar-refractivity contribution >= 4 is 23.8 Å². The fourth-order valence-corrected chi connectivity index (χ4v) is 2.01. The molecule has 0 aliphatic carbocycles. The summed E-state index contributed by atoms with van der Waals surface area (Å²) in [6, 6.07) is 8.34. The molecule has 18 heavy (non-hydrogen) atoms. The van der Waals surface area contributed by atoms with Gasteiger partial charge in [0.05, 0.1) is 5.69 Å². The highest BCUT2D eigenvalue weighted by atomic mass is 35.5. The summed E-state index contributed by atoms with van der Waals surface area (Å²) in [4.78, 5) is 2.46. The summed E-state index contributed by atoms with van der Waals surface area (Å²) < 4.78 is 0. The van der Waals surface area contributed by atoms with Gasteiger partial charge in [0.15, 0.2) is 0 Å². The second-order valence-corrected chi connectivity index (χ2v) is 4.59. The number of aryl methyl sites for hydroxylation is 1. The smallest absolute Gasteiger partial charge is 0.0561 e. The molecule has 1 heterocycles. The normalized spacial score (nSPS) is 16.0. The van der Waals surface area contributed by atoms with Crippen LogP contribution < -0.4 is 5.43 Å². The Morgan fingerprint density at radius 1 is 1.17 bits per heavy atom. The highest BCUT2D eigenvalue weighted by Gasteiger charge is 2.12. The van der Waals surface area contributed by atoms with Crippen LogP contribution in [-0.2, 0) is 0 Å². The van der Waals surface area contributed by atoms with E-state index in [0.29, 0.717) is 0 Å². The number of hydrazone groups is 1. The summed E-state index contributed by atoms with van der Waals surface area (Å²) >= 11 is 0. The molecule has 0 saturated carbocycles. The molecule has 0 spiro atoms. The van der Waals surface area contributed by atoms with Crippen LogP contribution in [-0.4, -0.2) is 30.2 Å². The van der Waals surface area contributed by atoms with Crippen LogP contribution in [0.15, 0.2) is 29.4 Å². The lowest BCUT2D eigenvalue weighted by Gasteiger charge is -2.25. The minimum Gasteiger partial charge on any atom is -0.303 e. The molecule has 100 valence electrons. The van der Waals surface area contributed by atoms with Gasteiger partial charge in [0.2, 0.25) is 0 Å². The van der Waals surface area contributed by atoms with E-state index in [-0.39, 0.29) is 12.4 Å². The maximum absolute atomic E-state index is 4.49. The predicted molar refractivity (Wildman–Crippen MR) is 80.8 cm³/mol. The molecule has 1 aromatic carbocycles. The molecule has 1 N–H and O–H groups in total. The summed E-state index contributed by atoms with van der Waals surface area (Å²) in [7, 11) is 0. The minimum atomic E-state index is 0. The molecule has 1 fully saturated rings. The van der Waals surface area contributed by atoms with E-state index >= 15 is 0 Å². The van der Waals surface area contributed by atoms with E-state index in [9.17, 15) is 0 Å². The first kappa shape index (κ1) is 15.0. The van der Waals surface area contributed by atoms with Crippen molar-refractivity contribution in [3.05, 3.63) is 29.8 Å². The van der Waals surface area contributed by atoms with Crippen molar-refractivity contribution in [2.24, 2.45) is 5.10 Å². The van der Waals surface area contributed by atoms with Gasteiger partial charge < -0.3 is 4.90 Å². The van der Waals surface area contributed by atoms with Crippen molar-refractivity contribution in [3.63, 3.8) is 0 Å². The highest BCUT2D eigenvalue weighted by molar-refractivity contribution is 5.86. The van der Waals surface area contributed by atoms with Gasteiger partial charge in [-0.25, -0.2) is 0 Å². The number of nitrogens with zero attached hydrogens (tertiary/aromatic N) is 2. The van der Waals surface area contributed by atoms with Crippen molar-refractivity contribution < 1.29 is 0 Å². The van der Waals surface area contributed by atoms with Crippen molar-refractivity contribution in [2.75, 3.05) is 25.1 Å². The van der Waals surface area contributed by atoms with E-state index in [1.54, 1.807) is 0 Å². The molecular formula is C14H22ClN3. The third-order valence-corrected chi connectivity index (χ3v) is 3.28. The largest absolute Gasteiger partial charge is 0.303 e. The van der Waals surface area contributed by atoms with E-state index in [1.807, 2.05) is 0 Å². The quantitative estimate of drug-likeness (QED) is 0.851. The van der Waals surface area contributed by atoms with Crippen LogP contribution in [0.4, 0.5) is 5.69 Å². The van der Waals surface area contributed by atoms with Crippen LogP contribution >= 0.6 is 12.4 Å². The zero-order chi connectivity index (χ0) is 12.1. The van der Waals surface area contributed by atoms with E-state index in [0.717, 1.165) is 38.2 Å². The summed E-state index contributed by atoms with van der Waals surface area (Å²) in [5.41, 5.74) is 6.78. The van der Waals surface area contributed by atoms with Crippen LogP contribution in [0.25, 0.3) is 0 Å². The molecule has 0 bridgehead atoms. The van der Waals surface area contributed by atoms with E-state index < -0.39 is 0 Å². The molecule has 0 atom stereocenters. The molecule has 2 rings (SSSR count). The topological polar surface area (TPSA) is 27.6 Å². The van der Waals surface area contributed by atoms with Gasteiger partial charge in [0.25, 0.3) is 0 Å². The Kier molecular flexibility index (Phi) is 6.16. The molecule has 3 nitrogen and oxygen atoms in total. The van der Waals surface area contributed by atoms with Gasteiger partial charge in [-0.3, -0.25) is 5.43 Å². The zero-order valence-corrected chi connectivity index (χ0v) is 12.0. The molecule has 0 radical (unpaired) electrons. The number of likely N-dealkylation sites (tertiary alicyclic amines) is 1. The lowest BCUT2D eigenvalue weighted by Crippen LogP contribution is -2.33. The molecule has 1 aromatic rings. The standard InChI is InChI=1S/C14H21N3.ClH/c1-3-17-10-8-14(9-11-17)16-15-13-6-4-12(2)5-7-13;/h4-7,15H,3,8-11H2,1-2H3;1H. The second-order valence-electron chi connectivity index (χ2n) is 4.59. The summed E-state index contributed by atoms with van der Waals surface area (Å²) in [5.74, 6) is 0. The Balaban J connectivity index is 0.00000162. The van der Waals surface area contributed by atoms with Gasteiger partial charge in [-0.2, -0.15) is 5.10 Å². The lowest BCUT2D eigenvalue weighted by atomic mass is 10.1. The molecular weight excluding hydrogens is 246 g/mol. The number of rotatable bonds is 3. The Labute approximate surface area is 116 Å². The first-order valence-corrected chi connectivity index (χ1v) is 6.38. The van der Waals surface area contributed by atoms with Crippen molar-refractivity contribution in [3.8, 4) is 0 Å². The maximum atomic E-state index is 4.49. The predicted octanol–water partition coefficient (Wildman–Crippen LogP) is 3.30. The SMILES string of the molecule is CCN1CCC(=NNc2ccc(C)cc2)CC1.Cl. The van der Waals surface area contributed by atoms with E-state index in [1.165, 1.54) is 11.3 Å². The fourth-order valence-electron chi connectivity index (χ4n) is 2.01. The molecule has 1 saturated heterocycles. The minimum absolute atomic E-state index is 0. The fraction of sp³-hybridized carbons (Fsp3) is 0.500.